The van der Waals surface area contributed by atoms with Gasteiger partial charge in [-0.05, 0) is 25.0 Å². The molecule has 6 heteroatoms. The lowest BCUT2D eigenvalue weighted by Crippen LogP contribution is -2.39. The lowest BCUT2D eigenvalue weighted by atomic mass is 10.1. The standard InChI is InChI=1S/C11H14FNO3S/c12-10-3-1-2-4-11(10)17(14,15)13-9-5-7-16-8-6-9/h1-4,9,13H,5-8H2. The van der Waals surface area contributed by atoms with Gasteiger partial charge in [0.1, 0.15) is 10.7 Å². The van der Waals surface area contributed by atoms with Crippen molar-refractivity contribution in [1.29, 1.82) is 0 Å². The Labute approximate surface area is 99.8 Å². The highest BCUT2D eigenvalue weighted by atomic mass is 32.2. The minimum Gasteiger partial charge on any atom is -0.381 e. The molecule has 0 atom stereocenters. The highest BCUT2D eigenvalue weighted by Gasteiger charge is 2.24. The second kappa shape index (κ2) is 5.12. The lowest BCUT2D eigenvalue weighted by Gasteiger charge is -2.22. The molecule has 4 nitrogen and oxygen atoms in total. The first-order chi connectivity index (χ1) is 8.09. The van der Waals surface area contributed by atoms with Crippen LogP contribution in [0.2, 0.25) is 0 Å². The fourth-order valence-electron chi connectivity index (χ4n) is 1.76. The van der Waals surface area contributed by atoms with Gasteiger partial charge in [-0.25, -0.2) is 17.5 Å². The molecule has 1 aromatic carbocycles. The summed E-state index contributed by atoms with van der Waals surface area (Å²) in [4.78, 5) is -0.300. The number of sulfonamides is 1. The normalized spacial score (nSPS) is 18.2. The van der Waals surface area contributed by atoms with E-state index in [9.17, 15) is 12.8 Å². The molecule has 0 aromatic heterocycles. The summed E-state index contributed by atoms with van der Waals surface area (Å²) in [5.41, 5.74) is 0. The zero-order valence-corrected chi connectivity index (χ0v) is 10.0. The molecule has 1 aliphatic rings. The average Bonchev–Trinajstić information content (AvgIpc) is 2.30. The number of halogens is 1. The summed E-state index contributed by atoms with van der Waals surface area (Å²) in [6.07, 6.45) is 1.24. The maximum absolute atomic E-state index is 13.4. The van der Waals surface area contributed by atoms with Crippen LogP contribution in [0.4, 0.5) is 4.39 Å². The summed E-state index contributed by atoms with van der Waals surface area (Å²) in [7, 11) is -3.77. The van der Waals surface area contributed by atoms with Crippen LogP contribution in [0.1, 0.15) is 12.8 Å². The Kier molecular flexibility index (Phi) is 3.76. The van der Waals surface area contributed by atoms with Crippen molar-refractivity contribution in [2.24, 2.45) is 0 Å². The van der Waals surface area contributed by atoms with Gasteiger partial charge in [0.05, 0.1) is 0 Å². The van der Waals surface area contributed by atoms with E-state index in [4.69, 9.17) is 4.74 Å². The summed E-state index contributed by atoms with van der Waals surface area (Å²) in [5.74, 6) is -0.730. The Bertz CT molecular complexity index is 483. The van der Waals surface area contributed by atoms with Gasteiger partial charge in [0.25, 0.3) is 0 Å². The minimum absolute atomic E-state index is 0.173. The van der Waals surface area contributed by atoms with E-state index in [2.05, 4.69) is 4.72 Å². The molecule has 17 heavy (non-hydrogen) atoms. The topological polar surface area (TPSA) is 55.4 Å². The maximum atomic E-state index is 13.4. The molecule has 1 fully saturated rings. The van der Waals surface area contributed by atoms with Gasteiger partial charge in [0, 0.05) is 19.3 Å². The lowest BCUT2D eigenvalue weighted by molar-refractivity contribution is 0.0832. The molecule has 1 N–H and O–H groups in total. The van der Waals surface area contributed by atoms with Gasteiger partial charge in [-0.2, -0.15) is 0 Å². The van der Waals surface area contributed by atoms with Crippen molar-refractivity contribution >= 4 is 10.0 Å². The van der Waals surface area contributed by atoms with Gasteiger partial charge >= 0.3 is 0 Å². The van der Waals surface area contributed by atoms with Crippen LogP contribution < -0.4 is 4.72 Å². The molecule has 0 unspecified atom stereocenters. The van der Waals surface area contributed by atoms with Gasteiger partial charge in [-0.3, -0.25) is 0 Å². The van der Waals surface area contributed by atoms with Crippen LogP contribution in [0.15, 0.2) is 29.2 Å². The van der Waals surface area contributed by atoms with Crippen LogP contribution in [0, 0.1) is 5.82 Å². The van der Waals surface area contributed by atoms with Crippen molar-refractivity contribution in [3.8, 4) is 0 Å². The van der Waals surface area contributed by atoms with Crippen molar-refractivity contribution in [3.05, 3.63) is 30.1 Å². The van der Waals surface area contributed by atoms with Crippen molar-refractivity contribution < 1.29 is 17.5 Å². The molecule has 94 valence electrons. The Morgan fingerprint density at radius 1 is 1.24 bits per heavy atom. The van der Waals surface area contributed by atoms with Crippen molar-refractivity contribution in [3.63, 3.8) is 0 Å². The van der Waals surface area contributed by atoms with Crippen molar-refractivity contribution in [2.75, 3.05) is 13.2 Å². The average molecular weight is 259 g/mol. The van der Waals surface area contributed by atoms with E-state index in [-0.39, 0.29) is 10.9 Å². The number of hydrogen-bond acceptors (Lipinski definition) is 3. The Balaban J connectivity index is 2.16. The first kappa shape index (κ1) is 12.5. The van der Waals surface area contributed by atoms with Gasteiger partial charge in [0.15, 0.2) is 0 Å². The summed E-state index contributed by atoms with van der Waals surface area (Å²) < 4.78 is 44.9. The highest BCUT2D eigenvalue weighted by molar-refractivity contribution is 7.89. The predicted octanol–water partition coefficient (Wildman–Crippen LogP) is 1.28. The second-order valence-electron chi connectivity index (χ2n) is 3.94. The Morgan fingerprint density at radius 2 is 1.88 bits per heavy atom. The summed E-state index contributed by atoms with van der Waals surface area (Å²) >= 11 is 0. The van der Waals surface area contributed by atoms with E-state index in [0.717, 1.165) is 6.07 Å². The van der Waals surface area contributed by atoms with Gasteiger partial charge in [0.2, 0.25) is 10.0 Å². The van der Waals surface area contributed by atoms with E-state index in [0.29, 0.717) is 26.1 Å². The third kappa shape index (κ3) is 3.02. The van der Waals surface area contributed by atoms with Crippen LogP contribution >= 0.6 is 0 Å². The molecule has 1 aromatic rings. The molecule has 1 heterocycles. The van der Waals surface area contributed by atoms with Crippen LogP contribution in [-0.2, 0) is 14.8 Å². The zero-order chi connectivity index (χ0) is 12.3. The van der Waals surface area contributed by atoms with Crippen LogP contribution in [0.3, 0.4) is 0 Å². The Hall–Kier alpha value is -0.980. The van der Waals surface area contributed by atoms with E-state index < -0.39 is 15.8 Å². The zero-order valence-electron chi connectivity index (χ0n) is 9.23. The molecule has 0 amide bonds. The van der Waals surface area contributed by atoms with Crippen LogP contribution in [0.25, 0.3) is 0 Å². The fraction of sp³-hybridized carbons (Fsp3) is 0.455. The third-order valence-electron chi connectivity index (χ3n) is 2.67. The predicted molar refractivity (Wildman–Crippen MR) is 60.6 cm³/mol. The molecule has 1 aliphatic heterocycles. The second-order valence-corrected chi connectivity index (χ2v) is 5.62. The summed E-state index contributed by atoms with van der Waals surface area (Å²) in [6.45, 7) is 1.06. The van der Waals surface area contributed by atoms with Crippen molar-refractivity contribution in [2.45, 2.75) is 23.8 Å². The fourth-order valence-corrected chi connectivity index (χ4v) is 3.14. The number of benzene rings is 1. The molecular weight excluding hydrogens is 245 g/mol. The third-order valence-corrected chi connectivity index (χ3v) is 4.22. The number of ether oxygens (including phenoxy) is 1. The summed E-state index contributed by atoms with van der Waals surface area (Å²) in [6, 6.07) is 5.19. The molecule has 1 saturated heterocycles. The number of rotatable bonds is 3. The quantitative estimate of drug-likeness (QED) is 0.889. The van der Waals surface area contributed by atoms with E-state index in [1.165, 1.54) is 18.2 Å². The first-order valence-corrected chi connectivity index (χ1v) is 6.92. The molecule has 0 radical (unpaired) electrons. The van der Waals surface area contributed by atoms with Gasteiger partial charge < -0.3 is 4.74 Å². The largest absolute Gasteiger partial charge is 0.381 e. The SMILES string of the molecule is O=S(=O)(NC1CCOCC1)c1ccccc1F. The first-order valence-electron chi connectivity index (χ1n) is 5.44. The number of hydrogen-bond donors (Lipinski definition) is 1. The summed E-state index contributed by atoms with van der Waals surface area (Å²) in [5, 5.41) is 0. The molecular formula is C11H14FNO3S. The molecule has 0 bridgehead atoms. The van der Waals surface area contributed by atoms with Crippen LogP contribution in [-0.4, -0.2) is 27.7 Å². The van der Waals surface area contributed by atoms with Gasteiger partial charge in [-0.1, -0.05) is 12.1 Å². The molecule has 0 saturated carbocycles. The highest BCUT2D eigenvalue weighted by Crippen LogP contribution is 2.16. The van der Waals surface area contributed by atoms with Crippen LogP contribution in [0.5, 0.6) is 0 Å². The van der Waals surface area contributed by atoms with Gasteiger partial charge in [-0.15, -0.1) is 0 Å². The van der Waals surface area contributed by atoms with E-state index in [1.807, 2.05) is 0 Å². The smallest absolute Gasteiger partial charge is 0.243 e. The molecule has 0 aliphatic carbocycles. The van der Waals surface area contributed by atoms with Crippen molar-refractivity contribution in [1.82, 2.24) is 4.72 Å². The molecule has 0 spiro atoms. The maximum Gasteiger partial charge on any atom is 0.243 e. The van der Waals surface area contributed by atoms with E-state index >= 15 is 0 Å². The Morgan fingerprint density at radius 3 is 2.53 bits per heavy atom. The van der Waals surface area contributed by atoms with E-state index in [1.54, 1.807) is 0 Å². The molecule has 2 rings (SSSR count). The minimum atomic E-state index is -3.77. The number of nitrogens with one attached hydrogen (secondary N) is 1. The monoisotopic (exact) mass is 259 g/mol.